The number of benzene rings is 1. The molecule has 0 unspecified atom stereocenters. The first-order chi connectivity index (χ1) is 11.5. The average molecular weight is 367 g/mol. The number of hydrogen-bond donors (Lipinski definition) is 1. The van der Waals surface area contributed by atoms with E-state index in [4.69, 9.17) is 11.6 Å². The van der Waals surface area contributed by atoms with Crippen LogP contribution in [0.1, 0.15) is 33.1 Å². The highest BCUT2D eigenvalue weighted by Gasteiger charge is 2.19. The third-order valence-electron chi connectivity index (χ3n) is 4.12. The second-order valence-corrected chi connectivity index (χ2v) is 8.08. The van der Waals surface area contributed by atoms with E-state index in [1.54, 1.807) is 11.8 Å². The van der Waals surface area contributed by atoms with Gasteiger partial charge in [-0.05, 0) is 51.0 Å². The zero-order valence-electron chi connectivity index (χ0n) is 14.6. The largest absolute Gasteiger partial charge is 0.353 e. The Morgan fingerprint density at radius 1 is 1.29 bits per heavy atom. The molecule has 5 heteroatoms. The Morgan fingerprint density at radius 3 is 2.58 bits per heavy atom. The van der Waals surface area contributed by atoms with Gasteiger partial charge in [0.2, 0.25) is 5.91 Å². The van der Waals surface area contributed by atoms with E-state index in [0.717, 1.165) is 48.1 Å². The second kappa shape index (κ2) is 10.1. The highest BCUT2D eigenvalue weighted by atomic mass is 35.5. The van der Waals surface area contributed by atoms with Gasteiger partial charge in [-0.25, -0.2) is 0 Å². The third kappa shape index (κ3) is 7.29. The summed E-state index contributed by atoms with van der Waals surface area (Å²) < 4.78 is 0. The number of halogens is 1. The fraction of sp³-hybridized carbons (Fsp3) is 0.526. The topological polar surface area (TPSA) is 32.3 Å². The SMILES string of the molecule is CC(C)=CCN1CCC(NC(=O)CCSc2ccc(Cl)cc2)CC1. The van der Waals surface area contributed by atoms with E-state index < -0.39 is 0 Å². The summed E-state index contributed by atoms with van der Waals surface area (Å²) in [5, 5.41) is 3.93. The molecular weight excluding hydrogens is 340 g/mol. The molecular formula is C19H27ClN2OS. The molecule has 0 radical (unpaired) electrons. The molecule has 1 aromatic rings. The van der Waals surface area contributed by atoms with Gasteiger partial charge in [0.25, 0.3) is 0 Å². The number of amides is 1. The Balaban J connectivity index is 1.61. The molecule has 1 N–H and O–H groups in total. The smallest absolute Gasteiger partial charge is 0.221 e. The Bertz CT molecular complexity index is 547. The van der Waals surface area contributed by atoms with Gasteiger partial charge < -0.3 is 5.32 Å². The van der Waals surface area contributed by atoms with Gasteiger partial charge in [0.15, 0.2) is 0 Å². The minimum absolute atomic E-state index is 0.166. The lowest BCUT2D eigenvalue weighted by Gasteiger charge is -2.31. The molecule has 1 heterocycles. The Morgan fingerprint density at radius 2 is 1.96 bits per heavy atom. The molecule has 3 nitrogen and oxygen atoms in total. The number of piperidine rings is 1. The van der Waals surface area contributed by atoms with Crippen LogP contribution in [0.15, 0.2) is 40.8 Å². The lowest BCUT2D eigenvalue weighted by molar-refractivity contribution is -0.121. The summed E-state index contributed by atoms with van der Waals surface area (Å²) in [5.41, 5.74) is 1.36. The molecule has 2 rings (SSSR count). The summed E-state index contributed by atoms with van der Waals surface area (Å²) in [6, 6.07) is 8.08. The maximum absolute atomic E-state index is 12.1. The normalized spacial score (nSPS) is 16.0. The first-order valence-corrected chi connectivity index (χ1v) is 9.93. The second-order valence-electron chi connectivity index (χ2n) is 6.48. The Hall–Kier alpha value is -0.970. The molecule has 1 amide bonds. The van der Waals surface area contributed by atoms with Gasteiger partial charge in [-0.15, -0.1) is 11.8 Å². The summed E-state index contributed by atoms with van der Waals surface area (Å²) in [7, 11) is 0. The average Bonchev–Trinajstić information content (AvgIpc) is 2.56. The van der Waals surface area contributed by atoms with E-state index in [2.05, 4.69) is 30.1 Å². The molecule has 1 fully saturated rings. The van der Waals surface area contributed by atoms with Gasteiger partial charge in [-0.1, -0.05) is 23.3 Å². The van der Waals surface area contributed by atoms with Crippen molar-refractivity contribution in [1.29, 1.82) is 0 Å². The molecule has 0 spiro atoms. The van der Waals surface area contributed by atoms with Gasteiger partial charge in [0.05, 0.1) is 0 Å². The maximum Gasteiger partial charge on any atom is 0.221 e. The molecule has 132 valence electrons. The number of likely N-dealkylation sites (tertiary alicyclic amines) is 1. The van der Waals surface area contributed by atoms with Gasteiger partial charge in [-0.2, -0.15) is 0 Å². The number of carbonyl (C=O) groups is 1. The quantitative estimate of drug-likeness (QED) is 0.574. The minimum Gasteiger partial charge on any atom is -0.353 e. The number of carbonyl (C=O) groups excluding carboxylic acids is 1. The molecule has 1 saturated heterocycles. The molecule has 0 bridgehead atoms. The van der Waals surface area contributed by atoms with Crippen LogP contribution in [0.25, 0.3) is 0 Å². The standard InChI is InChI=1S/C19H27ClN2OS/c1-15(2)7-11-22-12-8-17(9-13-22)21-19(23)10-14-24-18-5-3-16(20)4-6-18/h3-7,17H,8-14H2,1-2H3,(H,21,23). The lowest BCUT2D eigenvalue weighted by atomic mass is 10.0. The van der Waals surface area contributed by atoms with Crippen molar-refractivity contribution in [3.63, 3.8) is 0 Å². The number of allylic oxidation sites excluding steroid dienone is 1. The first-order valence-electron chi connectivity index (χ1n) is 8.56. The van der Waals surface area contributed by atoms with Gasteiger partial charge in [0.1, 0.15) is 0 Å². The highest BCUT2D eigenvalue weighted by molar-refractivity contribution is 7.99. The van der Waals surface area contributed by atoms with Crippen molar-refractivity contribution in [3.8, 4) is 0 Å². The van der Waals surface area contributed by atoms with E-state index in [0.29, 0.717) is 12.5 Å². The fourth-order valence-corrected chi connectivity index (χ4v) is 3.64. The van der Waals surface area contributed by atoms with Crippen LogP contribution in [0.2, 0.25) is 5.02 Å². The number of hydrogen-bond acceptors (Lipinski definition) is 3. The van der Waals surface area contributed by atoms with Crippen LogP contribution in [-0.4, -0.2) is 42.2 Å². The molecule has 1 aromatic carbocycles. The fourth-order valence-electron chi connectivity index (χ4n) is 2.66. The van der Waals surface area contributed by atoms with E-state index in [1.807, 2.05) is 24.3 Å². The molecule has 1 aliphatic heterocycles. The van der Waals surface area contributed by atoms with Crippen LogP contribution in [-0.2, 0) is 4.79 Å². The number of nitrogens with one attached hydrogen (secondary N) is 1. The van der Waals surface area contributed by atoms with Gasteiger partial charge in [-0.3, -0.25) is 9.69 Å². The van der Waals surface area contributed by atoms with E-state index >= 15 is 0 Å². The zero-order chi connectivity index (χ0) is 17.4. The van der Waals surface area contributed by atoms with Crippen LogP contribution in [0.5, 0.6) is 0 Å². The van der Waals surface area contributed by atoms with Crippen LogP contribution in [0, 0.1) is 0 Å². The third-order valence-corrected chi connectivity index (χ3v) is 5.39. The zero-order valence-corrected chi connectivity index (χ0v) is 16.1. The van der Waals surface area contributed by atoms with Crippen LogP contribution >= 0.6 is 23.4 Å². The lowest BCUT2D eigenvalue weighted by Crippen LogP contribution is -2.44. The van der Waals surface area contributed by atoms with Crippen molar-refractivity contribution >= 4 is 29.3 Å². The Labute approximate surface area is 154 Å². The molecule has 0 saturated carbocycles. The van der Waals surface area contributed by atoms with Crippen molar-refractivity contribution in [2.45, 2.75) is 44.0 Å². The number of rotatable bonds is 7. The molecule has 0 aliphatic carbocycles. The van der Waals surface area contributed by atoms with Crippen molar-refractivity contribution in [3.05, 3.63) is 40.9 Å². The highest BCUT2D eigenvalue weighted by Crippen LogP contribution is 2.21. The summed E-state index contributed by atoms with van der Waals surface area (Å²) in [4.78, 5) is 15.7. The molecule has 1 aliphatic rings. The molecule has 0 aromatic heterocycles. The van der Waals surface area contributed by atoms with Gasteiger partial charge in [0, 0.05) is 47.8 Å². The molecule has 0 atom stereocenters. The van der Waals surface area contributed by atoms with Crippen LogP contribution in [0.3, 0.4) is 0 Å². The summed E-state index contributed by atoms with van der Waals surface area (Å²) in [6.45, 7) is 7.42. The predicted molar refractivity (Wildman–Crippen MR) is 104 cm³/mol. The van der Waals surface area contributed by atoms with Crippen molar-refractivity contribution in [2.24, 2.45) is 0 Å². The van der Waals surface area contributed by atoms with E-state index in [9.17, 15) is 4.79 Å². The van der Waals surface area contributed by atoms with E-state index in [-0.39, 0.29) is 5.91 Å². The van der Waals surface area contributed by atoms with Crippen molar-refractivity contribution < 1.29 is 4.79 Å². The van der Waals surface area contributed by atoms with Gasteiger partial charge >= 0.3 is 0 Å². The summed E-state index contributed by atoms with van der Waals surface area (Å²) >= 11 is 7.56. The summed E-state index contributed by atoms with van der Waals surface area (Å²) in [6.07, 6.45) is 4.93. The van der Waals surface area contributed by atoms with E-state index in [1.165, 1.54) is 5.57 Å². The van der Waals surface area contributed by atoms with Crippen LogP contribution in [0.4, 0.5) is 0 Å². The van der Waals surface area contributed by atoms with Crippen LogP contribution < -0.4 is 5.32 Å². The maximum atomic E-state index is 12.1. The molecule has 24 heavy (non-hydrogen) atoms. The minimum atomic E-state index is 0.166. The van der Waals surface area contributed by atoms with Crippen molar-refractivity contribution in [2.75, 3.05) is 25.4 Å². The van der Waals surface area contributed by atoms with Crippen molar-refractivity contribution in [1.82, 2.24) is 10.2 Å². The summed E-state index contributed by atoms with van der Waals surface area (Å²) in [5.74, 6) is 0.964. The first kappa shape index (κ1) is 19.4. The number of thioether (sulfide) groups is 1. The number of nitrogens with zero attached hydrogens (tertiary/aromatic N) is 1. The predicted octanol–water partition coefficient (Wildman–Crippen LogP) is 4.37. The Kier molecular flexibility index (Phi) is 8.16. The monoisotopic (exact) mass is 366 g/mol.